The quantitative estimate of drug-likeness (QED) is 0.656. The van der Waals surface area contributed by atoms with E-state index in [2.05, 4.69) is 81.3 Å². The minimum atomic E-state index is 0.917. The lowest BCUT2D eigenvalue weighted by atomic mass is 10.2. The first-order valence-corrected chi connectivity index (χ1v) is 6.40. The van der Waals surface area contributed by atoms with E-state index in [0.717, 1.165) is 11.0 Å². The molecular weight excluding hydrogens is 274 g/mol. The molecule has 84 valence electrons. The summed E-state index contributed by atoms with van der Waals surface area (Å²) in [5.74, 6) is 0. The highest BCUT2D eigenvalue weighted by Crippen LogP contribution is 2.17. The molecule has 3 rings (SSSR count). The Labute approximate surface area is 109 Å². The first-order valence-electron chi connectivity index (χ1n) is 5.61. The van der Waals surface area contributed by atoms with E-state index in [4.69, 9.17) is 0 Å². The Morgan fingerprint density at radius 3 is 2.47 bits per heavy atom. The van der Waals surface area contributed by atoms with Crippen LogP contribution in [0, 0.1) is 0 Å². The summed E-state index contributed by atoms with van der Waals surface area (Å²) in [4.78, 5) is 0. The Bertz CT molecular complexity index is 637. The number of benzene rings is 2. The van der Waals surface area contributed by atoms with Gasteiger partial charge in [0.2, 0.25) is 0 Å². The molecule has 0 atom stereocenters. The van der Waals surface area contributed by atoms with E-state index in [0.29, 0.717) is 0 Å². The third kappa shape index (κ3) is 2.13. The summed E-state index contributed by atoms with van der Waals surface area (Å²) in [6.45, 7) is 0.917. The summed E-state index contributed by atoms with van der Waals surface area (Å²) in [7, 11) is 0. The lowest BCUT2D eigenvalue weighted by molar-refractivity contribution is 0.837. The second-order valence-corrected chi connectivity index (χ2v) is 5.04. The molecule has 0 saturated carbocycles. The van der Waals surface area contributed by atoms with Crippen molar-refractivity contribution < 1.29 is 0 Å². The van der Waals surface area contributed by atoms with E-state index >= 15 is 0 Å². The molecule has 0 spiro atoms. The molecule has 2 aromatic carbocycles. The van der Waals surface area contributed by atoms with Crippen LogP contribution in [0.3, 0.4) is 0 Å². The van der Waals surface area contributed by atoms with Gasteiger partial charge in [0.25, 0.3) is 0 Å². The monoisotopic (exact) mass is 285 g/mol. The maximum absolute atomic E-state index is 3.46. The van der Waals surface area contributed by atoms with E-state index < -0.39 is 0 Å². The first kappa shape index (κ1) is 10.6. The summed E-state index contributed by atoms with van der Waals surface area (Å²) < 4.78 is 3.40. The Morgan fingerprint density at radius 1 is 0.882 bits per heavy atom. The van der Waals surface area contributed by atoms with Gasteiger partial charge >= 0.3 is 0 Å². The van der Waals surface area contributed by atoms with Gasteiger partial charge in [0, 0.05) is 22.7 Å². The molecule has 0 unspecified atom stereocenters. The average Bonchev–Trinajstić information content (AvgIpc) is 2.76. The summed E-state index contributed by atoms with van der Waals surface area (Å²) in [6.07, 6.45) is 2.15. The van der Waals surface area contributed by atoms with E-state index in [-0.39, 0.29) is 0 Å². The first-order chi connectivity index (χ1) is 8.33. The van der Waals surface area contributed by atoms with Gasteiger partial charge in [-0.25, -0.2) is 0 Å². The van der Waals surface area contributed by atoms with Crippen molar-refractivity contribution in [3.05, 3.63) is 70.8 Å². The summed E-state index contributed by atoms with van der Waals surface area (Å²) in [5, 5.41) is 1.30. The molecule has 1 heterocycles. The number of hydrogen-bond acceptors (Lipinski definition) is 0. The summed E-state index contributed by atoms with van der Waals surface area (Å²) in [5.41, 5.74) is 2.60. The number of aromatic nitrogens is 1. The highest BCUT2D eigenvalue weighted by atomic mass is 79.9. The van der Waals surface area contributed by atoms with Gasteiger partial charge in [0.05, 0.1) is 0 Å². The number of hydrogen-bond donors (Lipinski definition) is 0. The third-order valence-electron chi connectivity index (χ3n) is 2.95. The Hall–Kier alpha value is -1.54. The van der Waals surface area contributed by atoms with Crippen LogP contribution in [0.5, 0.6) is 0 Å². The Kier molecular flexibility index (Phi) is 2.73. The molecule has 0 amide bonds. The minimum Gasteiger partial charge on any atom is -0.343 e. The standard InChI is InChI=1S/C15H12BrN/c16-14-7-5-12(6-8-14)11-17-10-9-13-3-1-2-4-15(13)17/h1-10H,11H2. The molecule has 1 nitrogen and oxygen atoms in total. The van der Waals surface area contributed by atoms with Crippen LogP contribution < -0.4 is 0 Å². The minimum absolute atomic E-state index is 0.917. The molecule has 17 heavy (non-hydrogen) atoms. The number of fused-ring (bicyclic) bond motifs is 1. The second kappa shape index (κ2) is 4.38. The molecule has 1 aromatic heterocycles. The third-order valence-corrected chi connectivity index (χ3v) is 3.48. The SMILES string of the molecule is Brc1ccc(Cn2ccc3ccccc32)cc1. The van der Waals surface area contributed by atoms with Gasteiger partial charge in [0.1, 0.15) is 0 Å². The largest absolute Gasteiger partial charge is 0.343 e. The zero-order valence-electron chi connectivity index (χ0n) is 9.31. The number of para-hydroxylation sites is 1. The molecule has 3 aromatic rings. The lowest BCUT2D eigenvalue weighted by Crippen LogP contribution is -1.97. The molecule has 0 fully saturated rings. The zero-order chi connectivity index (χ0) is 11.7. The van der Waals surface area contributed by atoms with E-state index in [9.17, 15) is 0 Å². The van der Waals surface area contributed by atoms with Gasteiger partial charge in [-0.1, -0.05) is 46.3 Å². The van der Waals surface area contributed by atoms with Gasteiger partial charge in [-0.3, -0.25) is 0 Å². The van der Waals surface area contributed by atoms with Crippen LogP contribution in [0.4, 0.5) is 0 Å². The topological polar surface area (TPSA) is 4.93 Å². The molecular formula is C15H12BrN. The normalized spacial score (nSPS) is 10.9. The van der Waals surface area contributed by atoms with Crippen LogP contribution >= 0.6 is 15.9 Å². The number of nitrogens with zero attached hydrogens (tertiary/aromatic N) is 1. The fourth-order valence-electron chi connectivity index (χ4n) is 2.06. The van der Waals surface area contributed by atoms with Crippen molar-refractivity contribution in [1.29, 1.82) is 0 Å². The number of rotatable bonds is 2. The van der Waals surface area contributed by atoms with Crippen molar-refractivity contribution >= 4 is 26.8 Å². The van der Waals surface area contributed by atoms with Gasteiger partial charge < -0.3 is 4.57 Å². The summed E-state index contributed by atoms with van der Waals surface area (Å²) in [6, 6.07) is 19.1. The van der Waals surface area contributed by atoms with Gasteiger partial charge in [0.15, 0.2) is 0 Å². The van der Waals surface area contributed by atoms with Crippen LogP contribution in [0.1, 0.15) is 5.56 Å². The van der Waals surface area contributed by atoms with Gasteiger partial charge in [-0.2, -0.15) is 0 Å². The molecule has 0 radical (unpaired) electrons. The average molecular weight is 286 g/mol. The van der Waals surface area contributed by atoms with E-state index in [1.165, 1.54) is 16.5 Å². The van der Waals surface area contributed by atoms with Crippen molar-refractivity contribution in [2.45, 2.75) is 6.54 Å². The second-order valence-electron chi connectivity index (χ2n) is 4.13. The van der Waals surface area contributed by atoms with Crippen LogP contribution in [0.2, 0.25) is 0 Å². The maximum Gasteiger partial charge on any atom is 0.0483 e. The highest BCUT2D eigenvalue weighted by Gasteiger charge is 2.00. The molecule has 0 aliphatic rings. The molecule has 0 aliphatic carbocycles. The van der Waals surface area contributed by atoms with Crippen LogP contribution in [0.15, 0.2) is 65.3 Å². The predicted molar refractivity (Wildman–Crippen MR) is 75.2 cm³/mol. The van der Waals surface area contributed by atoms with Crippen LogP contribution in [0.25, 0.3) is 10.9 Å². The van der Waals surface area contributed by atoms with Crippen molar-refractivity contribution in [2.75, 3.05) is 0 Å². The van der Waals surface area contributed by atoms with Gasteiger partial charge in [-0.15, -0.1) is 0 Å². The van der Waals surface area contributed by atoms with Crippen molar-refractivity contribution in [2.24, 2.45) is 0 Å². The smallest absolute Gasteiger partial charge is 0.0483 e. The molecule has 0 aliphatic heterocycles. The zero-order valence-corrected chi connectivity index (χ0v) is 10.9. The van der Waals surface area contributed by atoms with E-state index in [1.807, 2.05) is 0 Å². The fourth-order valence-corrected chi connectivity index (χ4v) is 2.33. The molecule has 2 heteroatoms. The Morgan fingerprint density at radius 2 is 1.65 bits per heavy atom. The fraction of sp³-hybridized carbons (Fsp3) is 0.0667. The van der Waals surface area contributed by atoms with E-state index in [1.54, 1.807) is 0 Å². The summed E-state index contributed by atoms with van der Waals surface area (Å²) >= 11 is 3.46. The Balaban J connectivity index is 1.97. The van der Waals surface area contributed by atoms with Crippen LogP contribution in [-0.4, -0.2) is 4.57 Å². The molecule has 0 N–H and O–H groups in total. The predicted octanol–water partition coefficient (Wildman–Crippen LogP) is 4.45. The van der Waals surface area contributed by atoms with Crippen molar-refractivity contribution in [1.82, 2.24) is 4.57 Å². The number of halogens is 1. The van der Waals surface area contributed by atoms with Crippen LogP contribution in [-0.2, 0) is 6.54 Å². The molecule has 0 bridgehead atoms. The highest BCUT2D eigenvalue weighted by molar-refractivity contribution is 9.10. The van der Waals surface area contributed by atoms with Crippen molar-refractivity contribution in [3.63, 3.8) is 0 Å². The lowest BCUT2D eigenvalue weighted by Gasteiger charge is -2.05. The van der Waals surface area contributed by atoms with Gasteiger partial charge in [-0.05, 0) is 35.2 Å². The van der Waals surface area contributed by atoms with Crippen molar-refractivity contribution in [3.8, 4) is 0 Å². The maximum atomic E-state index is 3.46. The molecule has 0 saturated heterocycles.